The van der Waals surface area contributed by atoms with Crippen LogP contribution in [0.15, 0.2) is 65.1 Å². The molecule has 3 aromatic rings. The zero-order valence-electron chi connectivity index (χ0n) is 13.7. The summed E-state index contributed by atoms with van der Waals surface area (Å²) in [6.07, 6.45) is 0. The third kappa shape index (κ3) is 2.10. The van der Waals surface area contributed by atoms with Crippen LogP contribution >= 0.6 is 15.9 Å². The van der Waals surface area contributed by atoms with Gasteiger partial charge in [-0.2, -0.15) is 0 Å². The van der Waals surface area contributed by atoms with Crippen molar-refractivity contribution >= 4 is 15.9 Å². The third-order valence-corrected chi connectivity index (χ3v) is 5.57. The zero-order chi connectivity index (χ0) is 16.2. The molecular weight excluding hydrogens is 344 g/mol. The Balaban J connectivity index is 2.10. The Morgan fingerprint density at radius 1 is 0.739 bits per heavy atom. The molecule has 0 nitrogen and oxygen atoms in total. The molecule has 1 heteroatoms. The molecule has 0 saturated carbocycles. The summed E-state index contributed by atoms with van der Waals surface area (Å²) < 4.78 is 1.14. The minimum atomic E-state index is -0.105. The van der Waals surface area contributed by atoms with E-state index in [9.17, 15) is 0 Å². The van der Waals surface area contributed by atoms with Crippen LogP contribution in [0.4, 0.5) is 0 Å². The number of benzene rings is 3. The van der Waals surface area contributed by atoms with E-state index in [0.29, 0.717) is 0 Å². The first kappa shape index (κ1) is 14.7. The average molecular weight is 363 g/mol. The summed E-state index contributed by atoms with van der Waals surface area (Å²) in [6, 6.07) is 22.4. The number of halogens is 1. The second-order valence-electron chi connectivity index (χ2n) is 6.74. The van der Waals surface area contributed by atoms with E-state index >= 15 is 0 Å². The van der Waals surface area contributed by atoms with Crippen LogP contribution in [0.1, 0.15) is 34.7 Å². The molecule has 0 fully saturated rings. The van der Waals surface area contributed by atoms with Crippen LogP contribution in [0.2, 0.25) is 0 Å². The summed E-state index contributed by atoms with van der Waals surface area (Å²) in [4.78, 5) is 0. The van der Waals surface area contributed by atoms with Gasteiger partial charge in [-0.25, -0.2) is 0 Å². The van der Waals surface area contributed by atoms with E-state index in [1.165, 1.54) is 38.9 Å². The van der Waals surface area contributed by atoms with E-state index < -0.39 is 0 Å². The first-order valence-corrected chi connectivity index (χ1v) is 8.78. The molecule has 0 saturated heterocycles. The second-order valence-corrected chi connectivity index (χ2v) is 7.65. The van der Waals surface area contributed by atoms with E-state index in [4.69, 9.17) is 0 Å². The molecule has 1 aliphatic rings. The molecule has 23 heavy (non-hydrogen) atoms. The summed E-state index contributed by atoms with van der Waals surface area (Å²) in [5, 5.41) is 0. The van der Waals surface area contributed by atoms with Crippen LogP contribution in [0.25, 0.3) is 11.1 Å². The van der Waals surface area contributed by atoms with E-state index in [2.05, 4.69) is 97.4 Å². The molecule has 0 aliphatic heterocycles. The van der Waals surface area contributed by atoms with Crippen molar-refractivity contribution in [3.05, 3.63) is 93.0 Å². The molecule has 0 amide bonds. The highest BCUT2D eigenvalue weighted by Crippen LogP contribution is 2.52. The van der Waals surface area contributed by atoms with Crippen molar-refractivity contribution in [2.24, 2.45) is 0 Å². The highest BCUT2D eigenvalue weighted by Gasteiger charge is 2.40. The number of hydrogen-bond donors (Lipinski definition) is 0. The molecule has 0 bridgehead atoms. The SMILES string of the molecule is Cc1cc(C)cc(C2(C)c3ccccc3-c3ccc(Br)cc32)c1. The Kier molecular flexibility index (Phi) is 3.24. The Bertz CT molecular complexity index is 903. The number of rotatable bonds is 1. The molecule has 3 aromatic carbocycles. The molecule has 0 heterocycles. The van der Waals surface area contributed by atoms with Gasteiger partial charge in [0.25, 0.3) is 0 Å². The topological polar surface area (TPSA) is 0 Å². The Hall–Kier alpha value is -1.86. The Labute approximate surface area is 146 Å². The first-order valence-electron chi connectivity index (χ1n) is 7.99. The smallest absolute Gasteiger partial charge is 0.0436 e. The van der Waals surface area contributed by atoms with Gasteiger partial charge < -0.3 is 0 Å². The molecule has 0 N–H and O–H groups in total. The molecule has 114 valence electrons. The highest BCUT2D eigenvalue weighted by molar-refractivity contribution is 9.10. The van der Waals surface area contributed by atoms with Gasteiger partial charge in [-0.05, 0) is 60.7 Å². The normalized spacial score (nSPS) is 18.6. The summed E-state index contributed by atoms with van der Waals surface area (Å²) in [5.74, 6) is 0. The van der Waals surface area contributed by atoms with Gasteiger partial charge in [0.2, 0.25) is 0 Å². The maximum absolute atomic E-state index is 3.66. The molecule has 1 aliphatic carbocycles. The summed E-state index contributed by atoms with van der Waals surface area (Å²) in [5.41, 5.74) is 9.41. The third-order valence-electron chi connectivity index (χ3n) is 5.08. The van der Waals surface area contributed by atoms with E-state index in [0.717, 1.165) is 4.47 Å². The van der Waals surface area contributed by atoms with E-state index in [-0.39, 0.29) is 5.41 Å². The van der Waals surface area contributed by atoms with Crippen molar-refractivity contribution in [3.63, 3.8) is 0 Å². The van der Waals surface area contributed by atoms with Gasteiger partial charge in [0.15, 0.2) is 0 Å². The molecular formula is C22H19Br. The average Bonchev–Trinajstić information content (AvgIpc) is 2.77. The lowest BCUT2D eigenvalue weighted by Gasteiger charge is -2.29. The first-order chi connectivity index (χ1) is 11.0. The van der Waals surface area contributed by atoms with Crippen molar-refractivity contribution in [3.8, 4) is 11.1 Å². The van der Waals surface area contributed by atoms with Gasteiger partial charge in [-0.15, -0.1) is 0 Å². The van der Waals surface area contributed by atoms with Crippen molar-refractivity contribution in [2.75, 3.05) is 0 Å². The predicted molar refractivity (Wildman–Crippen MR) is 101 cm³/mol. The zero-order valence-corrected chi connectivity index (χ0v) is 15.2. The molecule has 0 radical (unpaired) electrons. The van der Waals surface area contributed by atoms with Crippen LogP contribution in [0.5, 0.6) is 0 Å². The van der Waals surface area contributed by atoms with E-state index in [1.54, 1.807) is 0 Å². The summed E-state index contributed by atoms with van der Waals surface area (Å²) in [6.45, 7) is 6.73. The lowest BCUT2D eigenvalue weighted by molar-refractivity contribution is 0.711. The molecule has 4 rings (SSSR count). The van der Waals surface area contributed by atoms with Crippen molar-refractivity contribution in [2.45, 2.75) is 26.2 Å². The van der Waals surface area contributed by atoms with Gasteiger partial charge >= 0.3 is 0 Å². The summed E-state index contributed by atoms with van der Waals surface area (Å²) in [7, 11) is 0. The maximum Gasteiger partial charge on any atom is 0.0436 e. The quantitative estimate of drug-likeness (QED) is 0.469. The largest absolute Gasteiger partial charge is 0.0619 e. The standard InChI is InChI=1S/C22H19Br/c1-14-10-15(2)12-16(11-14)22(3)20-7-5-4-6-18(20)19-9-8-17(23)13-21(19)22/h4-13H,1-3H3. The van der Waals surface area contributed by atoms with Crippen LogP contribution < -0.4 is 0 Å². The number of aryl methyl sites for hydroxylation is 2. The fourth-order valence-corrected chi connectivity index (χ4v) is 4.40. The molecule has 0 spiro atoms. The van der Waals surface area contributed by atoms with Gasteiger partial charge in [-0.1, -0.05) is 75.6 Å². The van der Waals surface area contributed by atoms with E-state index in [1.807, 2.05) is 0 Å². The molecule has 0 aromatic heterocycles. The van der Waals surface area contributed by atoms with Crippen molar-refractivity contribution in [1.82, 2.24) is 0 Å². The lowest BCUT2D eigenvalue weighted by Crippen LogP contribution is -2.22. The van der Waals surface area contributed by atoms with Gasteiger partial charge in [-0.3, -0.25) is 0 Å². The van der Waals surface area contributed by atoms with Crippen LogP contribution in [0, 0.1) is 13.8 Å². The van der Waals surface area contributed by atoms with Crippen LogP contribution in [-0.2, 0) is 5.41 Å². The molecule has 1 atom stereocenters. The number of hydrogen-bond acceptors (Lipinski definition) is 0. The predicted octanol–water partition coefficient (Wildman–Crippen LogP) is 6.40. The van der Waals surface area contributed by atoms with Crippen molar-refractivity contribution < 1.29 is 0 Å². The Morgan fingerprint density at radius 3 is 2.13 bits per heavy atom. The van der Waals surface area contributed by atoms with Gasteiger partial charge in [0.05, 0.1) is 0 Å². The Morgan fingerprint density at radius 2 is 1.39 bits per heavy atom. The second kappa shape index (κ2) is 5.07. The van der Waals surface area contributed by atoms with Crippen LogP contribution in [-0.4, -0.2) is 0 Å². The fourth-order valence-electron chi connectivity index (χ4n) is 4.04. The van der Waals surface area contributed by atoms with Crippen LogP contribution in [0.3, 0.4) is 0 Å². The maximum atomic E-state index is 3.66. The lowest BCUT2D eigenvalue weighted by atomic mass is 9.73. The highest BCUT2D eigenvalue weighted by atomic mass is 79.9. The minimum Gasteiger partial charge on any atom is -0.0619 e. The molecule has 1 unspecified atom stereocenters. The minimum absolute atomic E-state index is 0.105. The monoisotopic (exact) mass is 362 g/mol. The van der Waals surface area contributed by atoms with Gasteiger partial charge in [0, 0.05) is 9.89 Å². The van der Waals surface area contributed by atoms with Gasteiger partial charge in [0.1, 0.15) is 0 Å². The summed E-state index contributed by atoms with van der Waals surface area (Å²) >= 11 is 3.66. The fraction of sp³-hybridized carbons (Fsp3) is 0.182. The number of fused-ring (bicyclic) bond motifs is 3. The van der Waals surface area contributed by atoms with Crippen molar-refractivity contribution in [1.29, 1.82) is 0 Å².